The van der Waals surface area contributed by atoms with Gasteiger partial charge in [0.25, 0.3) is 0 Å². The highest BCUT2D eigenvalue weighted by molar-refractivity contribution is 5.93. The molecule has 0 unspecified atom stereocenters. The molecule has 4 aliphatic rings. The predicted molar refractivity (Wildman–Crippen MR) is 104 cm³/mol. The molecule has 1 nitrogen and oxygen atoms in total. The van der Waals surface area contributed by atoms with E-state index in [4.69, 9.17) is 0 Å². The number of aryl methyl sites for hydroxylation is 1. The Bertz CT molecular complexity index is 654. The van der Waals surface area contributed by atoms with E-state index in [1.54, 1.807) is 11.1 Å². The maximum absolute atomic E-state index is 13.4. The summed E-state index contributed by atoms with van der Waals surface area (Å²) in [6.07, 6.45) is 11.1. The van der Waals surface area contributed by atoms with E-state index in [2.05, 4.69) is 31.2 Å². The molecule has 1 aromatic rings. The Hall–Kier alpha value is -1.11. The van der Waals surface area contributed by atoms with E-state index >= 15 is 0 Å². The van der Waals surface area contributed by atoms with E-state index < -0.39 is 0 Å². The molecule has 25 heavy (non-hydrogen) atoms. The van der Waals surface area contributed by atoms with E-state index in [-0.39, 0.29) is 10.8 Å². The van der Waals surface area contributed by atoms with Crippen molar-refractivity contribution >= 4 is 5.78 Å². The van der Waals surface area contributed by atoms with Gasteiger partial charge >= 0.3 is 0 Å². The molecule has 0 N–H and O–H groups in total. The Balaban J connectivity index is 0.000000758. The second-order valence-corrected chi connectivity index (χ2v) is 9.09. The Morgan fingerprint density at radius 3 is 2.48 bits per heavy atom. The molecule has 0 aliphatic heterocycles. The van der Waals surface area contributed by atoms with Crippen molar-refractivity contribution in [3.8, 4) is 0 Å². The van der Waals surface area contributed by atoms with Gasteiger partial charge in [0, 0.05) is 10.8 Å². The number of hydrogen-bond donors (Lipinski definition) is 0. The minimum Gasteiger partial charge on any atom is -0.298 e. The van der Waals surface area contributed by atoms with Crippen molar-refractivity contribution < 1.29 is 4.79 Å². The quantitative estimate of drug-likeness (QED) is 0.542. The number of fused-ring (bicyclic) bond motifs is 5. The van der Waals surface area contributed by atoms with Crippen molar-refractivity contribution in [1.29, 1.82) is 0 Å². The van der Waals surface area contributed by atoms with E-state index in [1.165, 1.54) is 51.4 Å². The largest absolute Gasteiger partial charge is 0.298 e. The average Bonchev–Trinajstić information content (AvgIpc) is 3.22. The molecule has 3 fully saturated rings. The molecular weight excluding hydrogens is 304 g/mol. The summed E-state index contributed by atoms with van der Waals surface area (Å²) >= 11 is 0. The Morgan fingerprint density at radius 2 is 1.72 bits per heavy atom. The Kier molecular flexibility index (Phi) is 4.33. The van der Waals surface area contributed by atoms with Gasteiger partial charge < -0.3 is 0 Å². The minimum atomic E-state index is -0.00219. The zero-order valence-electron chi connectivity index (χ0n) is 16.3. The third-order valence-corrected chi connectivity index (χ3v) is 8.20. The molecule has 0 aromatic heterocycles. The van der Waals surface area contributed by atoms with Gasteiger partial charge in [0.15, 0.2) is 0 Å². The van der Waals surface area contributed by atoms with Crippen LogP contribution < -0.4 is 0 Å². The van der Waals surface area contributed by atoms with Gasteiger partial charge in [0.2, 0.25) is 0 Å². The molecule has 5 rings (SSSR count). The van der Waals surface area contributed by atoms with Gasteiger partial charge in [-0.2, -0.15) is 0 Å². The van der Waals surface area contributed by atoms with Crippen molar-refractivity contribution in [3.05, 3.63) is 35.4 Å². The summed E-state index contributed by atoms with van der Waals surface area (Å²) in [4.78, 5) is 13.4. The van der Waals surface area contributed by atoms with Crippen molar-refractivity contribution in [2.24, 2.45) is 22.7 Å². The van der Waals surface area contributed by atoms with Crippen LogP contribution in [0.1, 0.15) is 89.2 Å². The zero-order valence-corrected chi connectivity index (χ0v) is 16.3. The molecule has 1 spiro atoms. The fourth-order valence-electron chi connectivity index (χ4n) is 7.10. The van der Waals surface area contributed by atoms with Crippen LogP contribution in [0.2, 0.25) is 0 Å². The standard InChI is InChI=1S/C22H28O.C2H6/c1-21-13-10-17-16-7-3-2-6-15(16)8-9-18(17)19(21)14-22(20(21)23)11-4-5-12-22;1-2/h2-3,6-7,17-19H,4-5,8-14H2,1H3;1-2H3/t17-,18-,19+,21+;/m0./s1. The summed E-state index contributed by atoms with van der Waals surface area (Å²) in [5, 5.41) is 0. The van der Waals surface area contributed by atoms with Crippen LogP contribution in [0.4, 0.5) is 0 Å². The molecular formula is C24H34O. The topological polar surface area (TPSA) is 17.1 Å². The highest BCUT2D eigenvalue weighted by atomic mass is 16.1. The summed E-state index contributed by atoms with van der Waals surface area (Å²) in [5.74, 6) is 2.81. The van der Waals surface area contributed by atoms with Crippen LogP contribution in [0.3, 0.4) is 0 Å². The van der Waals surface area contributed by atoms with Crippen LogP contribution in [0.15, 0.2) is 24.3 Å². The lowest BCUT2D eigenvalue weighted by molar-refractivity contribution is -0.135. The maximum Gasteiger partial charge on any atom is 0.145 e. The first-order valence-electron chi connectivity index (χ1n) is 10.8. The molecule has 0 radical (unpaired) electrons. The number of benzene rings is 1. The number of carbonyl (C=O) groups excluding carboxylic acids is 1. The lowest BCUT2D eigenvalue weighted by atomic mass is 9.55. The average molecular weight is 339 g/mol. The van der Waals surface area contributed by atoms with Crippen molar-refractivity contribution in [2.45, 2.75) is 84.5 Å². The highest BCUT2D eigenvalue weighted by Gasteiger charge is 2.63. The number of carbonyl (C=O) groups is 1. The van der Waals surface area contributed by atoms with Crippen molar-refractivity contribution in [3.63, 3.8) is 0 Å². The molecule has 1 heteroatoms. The number of ketones is 1. The second-order valence-electron chi connectivity index (χ2n) is 9.09. The molecule has 0 heterocycles. The normalized spacial score (nSPS) is 37.7. The first-order chi connectivity index (χ1) is 12.1. The maximum atomic E-state index is 13.4. The first-order valence-corrected chi connectivity index (χ1v) is 10.8. The van der Waals surface area contributed by atoms with E-state index in [0.29, 0.717) is 11.7 Å². The summed E-state index contributed by atoms with van der Waals surface area (Å²) in [7, 11) is 0. The molecule has 1 aromatic carbocycles. The number of rotatable bonds is 0. The molecule has 0 bridgehead atoms. The third-order valence-electron chi connectivity index (χ3n) is 8.20. The lowest BCUT2D eigenvalue weighted by Gasteiger charge is -2.48. The third kappa shape index (κ3) is 2.37. The second kappa shape index (κ2) is 6.25. The van der Waals surface area contributed by atoms with Crippen LogP contribution in [-0.2, 0) is 11.2 Å². The summed E-state index contributed by atoms with van der Waals surface area (Å²) in [5.41, 5.74) is 3.28. The molecule has 4 atom stereocenters. The van der Waals surface area contributed by atoms with Gasteiger partial charge in [-0.15, -0.1) is 0 Å². The summed E-state index contributed by atoms with van der Waals surface area (Å²) in [6.45, 7) is 6.34. The van der Waals surface area contributed by atoms with Crippen LogP contribution in [0.25, 0.3) is 0 Å². The van der Waals surface area contributed by atoms with Gasteiger partial charge in [0.1, 0.15) is 5.78 Å². The smallest absolute Gasteiger partial charge is 0.145 e. The minimum absolute atomic E-state index is 0.00219. The van der Waals surface area contributed by atoms with Crippen LogP contribution >= 0.6 is 0 Å². The SMILES string of the molecule is CC.C[C@@]12CC[C@H]3c4ccccc4CC[C@@H]3[C@H]1CC1(CCCC1)C2=O. The Morgan fingerprint density at radius 1 is 1.00 bits per heavy atom. The van der Waals surface area contributed by atoms with Gasteiger partial charge in [-0.3, -0.25) is 4.79 Å². The fourth-order valence-corrected chi connectivity index (χ4v) is 7.10. The number of hydrogen-bond acceptors (Lipinski definition) is 1. The molecule has 136 valence electrons. The van der Waals surface area contributed by atoms with Crippen molar-refractivity contribution in [1.82, 2.24) is 0 Å². The van der Waals surface area contributed by atoms with E-state index in [0.717, 1.165) is 18.3 Å². The van der Waals surface area contributed by atoms with E-state index in [9.17, 15) is 4.79 Å². The van der Waals surface area contributed by atoms with Crippen LogP contribution in [0.5, 0.6) is 0 Å². The zero-order chi connectivity index (χ0) is 17.7. The van der Waals surface area contributed by atoms with Gasteiger partial charge in [0.05, 0.1) is 0 Å². The van der Waals surface area contributed by atoms with E-state index in [1.807, 2.05) is 13.8 Å². The molecule has 0 amide bonds. The summed E-state index contributed by atoms with van der Waals surface area (Å²) < 4.78 is 0. The molecule has 3 saturated carbocycles. The van der Waals surface area contributed by atoms with Crippen LogP contribution in [0, 0.1) is 22.7 Å². The van der Waals surface area contributed by atoms with Crippen LogP contribution in [-0.4, -0.2) is 5.78 Å². The first kappa shape index (κ1) is 17.3. The number of Topliss-reactive ketones (excluding diaryl/α,β-unsaturated/α-hetero) is 1. The fraction of sp³-hybridized carbons (Fsp3) is 0.708. The monoisotopic (exact) mass is 338 g/mol. The lowest BCUT2D eigenvalue weighted by Crippen LogP contribution is -2.43. The van der Waals surface area contributed by atoms with Gasteiger partial charge in [-0.1, -0.05) is 57.9 Å². The van der Waals surface area contributed by atoms with Gasteiger partial charge in [-0.05, 0) is 73.8 Å². The highest BCUT2D eigenvalue weighted by Crippen LogP contribution is 2.66. The summed E-state index contributed by atoms with van der Waals surface area (Å²) in [6, 6.07) is 9.11. The predicted octanol–water partition coefficient (Wildman–Crippen LogP) is 6.31. The Labute approximate surface area is 153 Å². The molecule has 0 saturated heterocycles. The van der Waals surface area contributed by atoms with Gasteiger partial charge in [-0.25, -0.2) is 0 Å². The van der Waals surface area contributed by atoms with Crippen molar-refractivity contribution in [2.75, 3.05) is 0 Å². The molecule has 4 aliphatic carbocycles.